The molecule has 0 spiro atoms. The molecule has 45 valence electrons. The van der Waals surface area contributed by atoms with Gasteiger partial charge in [0.1, 0.15) is 0 Å². The van der Waals surface area contributed by atoms with Gasteiger partial charge < -0.3 is 10.9 Å². The van der Waals surface area contributed by atoms with Gasteiger partial charge in [-0.3, -0.25) is 0 Å². The molecule has 0 saturated heterocycles. The first-order chi connectivity index (χ1) is 2.77. The molecule has 0 bridgehead atoms. The quantitative estimate of drug-likeness (QED) is 0.580. The zero-order valence-electron chi connectivity index (χ0n) is 5.32. The Morgan fingerprint density at radius 3 is 1.86 bits per heavy atom. The van der Waals surface area contributed by atoms with E-state index in [0.29, 0.717) is 0 Å². The second kappa shape index (κ2) is 5.92. The summed E-state index contributed by atoms with van der Waals surface area (Å²) in [5.41, 5.74) is 0. The van der Waals surface area contributed by atoms with Gasteiger partial charge in [0.15, 0.2) is 0 Å². The van der Waals surface area contributed by atoms with Gasteiger partial charge in [0.05, 0.1) is 6.10 Å². The molecule has 0 aliphatic carbocycles. The topological polar surface area (TPSA) is 44.2 Å². The van der Waals surface area contributed by atoms with E-state index in [2.05, 4.69) is 0 Å². The molecule has 1 radical (unpaired) electrons. The van der Waals surface area contributed by atoms with E-state index in [9.17, 15) is 0 Å². The average Bonchev–Trinajstić information content (AvgIpc) is 1.35. The standard InChI is InChI=1S/C5H11O.H3N/c1-4-6-5(2)3;/h4H2,1-3H3;1H3. The van der Waals surface area contributed by atoms with E-state index in [1.54, 1.807) is 0 Å². The van der Waals surface area contributed by atoms with Gasteiger partial charge in [-0.1, -0.05) is 0 Å². The monoisotopic (exact) mass is 104 g/mol. The molecule has 0 aromatic heterocycles. The van der Waals surface area contributed by atoms with Gasteiger partial charge in [0, 0.05) is 6.61 Å². The molecule has 0 aliphatic heterocycles. The first-order valence-corrected chi connectivity index (χ1v) is 2.20. The highest BCUT2D eigenvalue weighted by molar-refractivity contribution is 4.58. The molecule has 3 N–H and O–H groups in total. The molecule has 0 aromatic carbocycles. The van der Waals surface area contributed by atoms with Crippen molar-refractivity contribution in [1.29, 1.82) is 0 Å². The third-order valence-corrected chi connectivity index (χ3v) is 0.433. The average molecular weight is 104 g/mol. The fourth-order valence-electron chi connectivity index (χ4n) is 0.289. The van der Waals surface area contributed by atoms with Crippen molar-refractivity contribution in [2.75, 3.05) is 6.61 Å². The van der Waals surface area contributed by atoms with Crippen molar-refractivity contribution in [3.8, 4) is 0 Å². The summed E-state index contributed by atoms with van der Waals surface area (Å²) in [7, 11) is 0. The number of hydrogen-bond donors (Lipinski definition) is 1. The highest BCUT2D eigenvalue weighted by Gasteiger charge is 1.85. The number of rotatable bonds is 2. The molecule has 2 nitrogen and oxygen atoms in total. The van der Waals surface area contributed by atoms with Crippen molar-refractivity contribution in [3.05, 3.63) is 6.10 Å². The van der Waals surface area contributed by atoms with Crippen molar-refractivity contribution in [1.82, 2.24) is 6.15 Å². The summed E-state index contributed by atoms with van der Waals surface area (Å²) < 4.78 is 4.96. The van der Waals surface area contributed by atoms with Crippen LogP contribution in [0.5, 0.6) is 0 Å². The molecular formula is C5H14NO. The first kappa shape index (κ1) is 10.0. The number of hydrogen-bond acceptors (Lipinski definition) is 2. The van der Waals surface area contributed by atoms with Crippen LogP contribution in [0, 0.1) is 6.10 Å². The fraction of sp³-hybridized carbons (Fsp3) is 0.800. The fourth-order valence-corrected chi connectivity index (χ4v) is 0.289. The largest absolute Gasteiger partial charge is 0.373 e. The van der Waals surface area contributed by atoms with E-state index >= 15 is 0 Å². The Hall–Kier alpha value is -0.0800. The Morgan fingerprint density at radius 2 is 1.86 bits per heavy atom. The lowest BCUT2D eigenvalue weighted by atomic mass is 10.5. The second-order valence-electron chi connectivity index (χ2n) is 1.34. The van der Waals surface area contributed by atoms with Crippen LogP contribution in [0.2, 0.25) is 0 Å². The maximum atomic E-state index is 4.96. The Bertz CT molecular complexity index is 29.3. The summed E-state index contributed by atoms with van der Waals surface area (Å²) in [5.74, 6) is 0. The predicted molar refractivity (Wildman–Crippen MR) is 31.2 cm³/mol. The van der Waals surface area contributed by atoms with Crippen molar-refractivity contribution >= 4 is 0 Å². The second-order valence-corrected chi connectivity index (χ2v) is 1.34. The van der Waals surface area contributed by atoms with E-state index in [1.165, 1.54) is 0 Å². The van der Waals surface area contributed by atoms with Gasteiger partial charge >= 0.3 is 0 Å². The van der Waals surface area contributed by atoms with Crippen LogP contribution in [-0.2, 0) is 4.74 Å². The summed E-state index contributed by atoms with van der Waals surface area (Å²) in [4.78, 5) is 0. The molecule has 0 aliphatic rings. The molecule has 0 heterocycles. The summed E-state index contributed by atoms with van der Waals surface area (Å²) in [6.07, 6.45) is 1.04. The van der Waals surface area contributed by atoms with E-state index in [1.807, 2.05) is 20.8 Å². The van der Waals surface area contributed by atoms with Gasteiger partial charge in [0.2, 0.25) is 0 Å². The zero-order valence-corrected chi connectivity index (χ0v) is 5.32. The van der Waals surface area contributed by atoms with Crippen LogP contribution in [-0.4, -0.2) is 6.61 Å². The molecule has 0 rings (SSSR count). The van der Waals surface area contributed by atoms with Crippen LogP contribution < -0.4 is 6.15 Å². The highest BCUT2D eigenvalue weighted by atomic mass is 16.5. The van der Waals surface area contributed by atoms with Crippen LogP contribution >= 0.6 is 0 Å². The Kier molecular flexibility index (Phi) is 8.47. The van der Waals surface area contributed by atoms with Gasteiger partial charge in [-0.15, -0.1) is 0 Å². The van der Waals surface area contributed by atoms with Crippen molar-refractivity contribution in [3.63, 3.8) is 0 Å². The third-order valence-electron chi connectivity index (χ3n) is 0.433. The minimum absolute atomic E-state index is 0. The van der Waals surface area contributed by atoms with E-state index in [4.69, 9.17) is 4.74 Å². The third kappa shape index (κ3) is 10.7. The van der Waals surface area contributed by atoms with Crippen LogP contribution in [0.3, 0.4) is 0 Å². The highest BCUT2D eigenvalue weighted by Crippen LogP contribution is 1.93. The van der Waals surface area contributed by atoms with Gasteiger partial charge in [-0.05, 0) is 20.8 Å². The minimum atomic E-state index is 0. The van der Waals surface area contributed by atoms with Crippen molar-refractivity contribution in [2.45, 2.75) is 20.8 Å². The van der Waals surface area contributed by atoms with E-state index < -0.39 is 0 Å². The Balaban J connectivity index is 0. The zero-order chi connectivity index (χ0) is 4.99. The maximum absolute atomic E-state index is 4.96. The normalized spacial score (nSPS) is 8.57. The predicted octanol–water partition coefficient (Wildman–Crippen LogP) is 1.76. The minimum Gasteiger partial charge on any atom is -0.373 e. The van der Waals surface area contributed by atoms with Crippen LogP contribution in [0.25, 0.3) is 0 Å². The lowest BCUT2D eigenvalue weighted by molar-refractivity contribution is 0.171. The van der Waals surface area contributed by atoms with Crippen molar-refractivity contribution < 1.29 is 4.74 Å². The Morgan fingerprint density at radius 1 is 1.43 bits per heavy atom. The lowest BCUT2D eigenvalue weighted by Crippen LogP contribution is -1.90. The lowest BCUT2D eigenvalue weighted by Gasteiger charge is -1.98. The molecular weight excluding hydrogens is 90.1 g/mol. The summed E-state index contributed by atoms with van der Waals surface area (Å²) in [6, 6.07) is 0. The maximum Gasteiger partial charge on any atom is 0.0909 e. The molecule has 0 fully saturated rings. The van der Waals surface area contributed by atoms with E-state index in [-0.39, 0.29) is 6.15 Å². The first-order valence-electron chi connectivity index (χ1n) is 2.20. The molecule has 0 saturated carbocycles. The van der Waals surface area contributed by atoms with Crippen molar-refractivity contribution in [2.24, 2.45) is 0 Å². The Labute approximate surface area is 45.4 Å². The van der Waals surface area contributed by atoms with Gasteiger partial charge in [-0.2, -0.15) is 0 Å². The molecule has 7 heavy (non-hydrogen) atoms. The molecule has 0 aromatic rings. The van der Waals surface area contributed by atoms with Gasteiger partial charge in [-0.25, -0.2) is 0 Å². The molecule has 0 unspecified atom stereocenters. The molecule has 0 amide bonds. The summed E-state index contributed by atoms with van der Waals surface area (Å²) in [5, 5.41) is 0. The van der Waals surface area contributed by atoms with Gasteiger partial charge in [0.25, 0.3) is 0 Å². The van der Waals surface area contributed by atoms with E-state index in [0.717, 1.165) is 12.7 Å². The summed E-state index contributed by atoms with van der Waals surface area (Å²) in [6.45, 7) is 6.67. The van der Waals surface area contributed by atoms with Crippen LogP contribution in [0.4, 0.5) is 0 Å². The smallest absolute Gasteiger partial charge is 0.0909 e. The SMILES string of the molecule is CCO[C](C)C.N. The summed E-state index contributed by atoms with van der Waals surface area (Å²) >= 11 is 0. The number of ether oxygens (including phenoxy) is 1. The van der Waals surface area contributed by atoms with Crippen LogP contribution in [0.15, 0.2) is 0 Å². The molecule has 2 heteroatoms. The van der Waals surface area contributed by atoms with Crippen LogP contribution in [0.1, 0.15) is 20.8 Å². The molecule has 0 atom stereocenters.